The molecule has 4 N–H and O–H groups in total. The quantitative estimate of drug-likeness (QED) is 0.513. The number of hydrogen-bond acceptors (Lipinski definition) is 7. The number of nitrogen functional groups attached to an aromatic ring is 1. The van der Waals surface area contributed by atoms with Crippen LogP contribution in [0.3, 0.4) is 0 Å². The Kier molecular flexibility index (Phi) is 5.31. The molecule has 1 aliphatic rings. The van der Waals surface area contributed by atoms with Crippen LogP contribution in [-0.2, 0) is 11.2 Å². The summed E-state index contributed by atoms with van der Waals surface area (Å²) in [6.07, 6.45) is 1.34. The fraction of sp³-hybridized carbons (Fsp3) is 0.348. The van der Waals surface area contributed by atoms with Gasteiger partial charge >= 0.3 is 11.9 Å². The first-order valence-corrected chi connectivity index (χ1v) is 10.5. The summed E-state index contributed by atoms with van der Waals surface area (Å²) in [5, 5.41) is 16.3. The van der Waals surface area contributed by atoms with Gasteiger partial charge in [0.1, 0.15) is 17.1 Å². The zero-order valence-corrected chi connectivity index (χ0v) is 18.8. The van der Waals surface area contributed by atoms with E-state index in [1.165, 1.54) is 12.1 Å². The minimum Gasteiger partial charge on any atom is -0.477 e. The van der Waals surface area contributed by atoms with Gasteiger partial charge in [0.05, 0.1) is 11.6 Å². The predicted molar refractivity (Wildman–Crippen MR) is 119 cm³/mol. The number of amides is 1. The molecule has 0 unspecified atom stereocenters. The zero-order chi connectivity index (χ0) is 24.1. The first kappa shape index (κ1) is 22.3. The fourth-order valence-electron chi connectivity index (χ4n) is 4.08. The molecule has 3 aromatic rings. The predicted octanol–water partition coefficient (Wildman–Crippen LogP) is 2.69. The largest absolute Gasteiger partial charge is 0.477 e. The summed E-state index contributed by atoms with van der Waals surface area (Å²) in [7, 11) is 0. The molecular formula is C23H25N5O5. The van der Waals surface area contributed by atoms with Gasteiger partial charge in [0.15, 0.2) is 11.3 Å². The van der Waals surface area contributed by atoms with Gasteiger partial charge in [0.25, 0.3) is 5.91 Å². The number of esters is 1. The van der Waals surface area contributed by atoms with Crippen LogP contribution < -0.4 is 11.1 Å². The number of rotatable bonds is 4. The molecule has 10 heteroatoms. The Labute approximate surface area is 189 Å². The van der Waals surface area contributed by atoms with E-state index in [1.54, 1.807) is 6.07 Å². The maximum Gasteiger partial charge on any atom is 0.354 e. The second-order valence-electron chi connectivity index (χ2n) is 9.04. The third-order valence-corrected chi connectivity index (χ3v) is 5.52. The van der Waals surface area contributed by atoms with Crippen molar-refractivity contribution in [1.82, 2.24) is 19.9 Å². The van der Waals surface area contributed by atoms with Crippen molar-refractivity contribution < 1.29 is 24.2 Å². The smallest absolute Gasteiger partial charge is 0.354 e. The summed E-state index contributed by atoms with van der Waals surface area (Å²) in [5.74, 6) is -2.04. The molecular weight excluding hydrogens is 426 g/mol. The number of hydrogen-bond donors (Lipinski definition) is 3. The summed E-state index contributed by atoms with van der Waals surface area (Å²) in [4.78, 5) is 41.3. The van der Waals surface area contributed by atoms with Gasteiger partial charge in [-0.05, 0) is 63.3 Å². The van der Waals surface area contributed by atoms with Crippen molar-refractivity contribution in [2.45, 2.75) is 52.2 Å². The molecule has 0 spiro atoms. The standard InChI is InChI=1S/C23H25N5O5/c1-11-12-7-8-15(14(12)6-5-13(11)22(32)33-23(2,3)4)26-20(29)16-9-17(21(30)31)28-19(25-16)10-18(24)27-28/h5-6,9-10,15H,7-8H2,1-4H3,(H2,24,27)(H,26,29)(H,30,31)/t15-/m0/s1. The summed E-state index contributed by atoms with van der Waals surface area (Å²) >= 11 is 0. The maximum absolute atomic E-state index is 13.0. The normalized spacial score (nSPS) is 15.3. The van der Waals surface area contributed by atoms with Gasteiger partial charge in [-0.25, -0.2) is 19.1 Å². The van der Waals surface area contributed by atoms with Crippen molar-refractivity contribution in [2.75, 3.05) is 5.73 Å². The number of aromatic nitrogens is 3. The van der Waals surface area contributed by atoms with Crippen LogP contribution in [0.5, 0.6) is 0 Å². The number of nitrogens with zero attached hydrogens (tertiary/aromatic N) is 3. The first-order chi connectivity index (χ1) is 15.4. The second kappa shape index (κ2) is 7.88. The van der Waals surface area contributed by atoms with E-state index in [4.69, 9.17) is 10.5 Å². The number of nitrogens with two attached hydrogens (primary N) is 1. The lowest BCUT2D eigenvalue weighted by Crippen LogP contribution is -2.29. The highest BCUT2D eigenvalue weighted by Gasteiger charge is 2.29. The third-order valence-electron chi connectivity index (χ3n) is 5.52. The van der Waals surface area contributed by atoms with Crippen molar-refractivity contribution >= 4 is 29.3 Å². The van der Waals surface area contributed by atoms with E-state index in [-0.39, 0.29) is 34.9 Å². The van der Waals surface area contributed by atoms with Crippen LogP contribution >= 0.6 is 0 Å². The third kappa shape index (κ3) is 4.23. The monoisotopic (exact) mass is 451 g/mol. The van der Waals surface area contributed by atoms with Crippen molar-refractivity contribution in [3.8, 4) is 0 Å². The fourth-order valence-corrected chi connectivity index (χ4v) is 4.08. The first-order valence-electron chi connectivity index (χ1n) is 10.5. The molecule has 33 heavy (non-hydrogen) atoms. The van der Waals surface area contributed by atoms with E-state index >= 15 is 0 Å². The van der Waals surface area contributed by atoms with Crippen LogP contribution in [0.1, 0.15) is 81.3 Å². The van der Waals surface area contributed by atoms with Crippen molar-refractivity contribution in [3.05, 3.63) is 57.9 Å². The average Bonchev–Trinajstić information content (AvgIpc) is 3.28. The second-order valence-corrected chi connectivity index (χ2v) is 9.04. The van der Waals surface area contributed by atoms with Gasteiger partial charge < -0.3 is 20.9 Å². The molecule has 1 atom stereocenters. The number of benzene rings is 1. The molecule has 2 heterocycles. The molecule has 10 nitrogen and oxygen atoms in total. The number of carbonyl (C=O) groups is 3. The average molecular weight is 451 g/mol. The minimum absolute atomic E-state index is 0.0460. The molecule has 0 fully saturated rings. The van der Waals surface area contributed by atoms with E-state index in [2.05, 4.69) is 15.4 Å². The summed E-state index contributed by atoms with van der Waals surface area (Å²) in [5.41, 5.74) is 8.23. The van der Waals surface area contributed by atoms with Gasteiger partial charge in [-0.15, -0.1) is 5.10 Å². The number of ether oxygens (including phenoxy) is 1. The molecule has 1 aliphatic carbocycles. The Hall–Kier alpha value is -3.95. The number of carbonyl (C=O) groups excluding carboxylic acids is 2. The lowest BCUT2D eigenvalue weighted by Gasteiger charge is -2.21. The van der Waals surface area contributed by atoms with E-state index in [9.17, 15) is 19.5 Å². The van der Waals surface area contributed by atoms with Crippen molar-refractivity contribution in [1.29, 1.82) is 0 Å². The Morgan fingerprint density at radius 2 is 1.97 bits per heavy atom. The molecule has 0 radical (unpaired) electrons. The van der Waals surface area contributed by atoms with E-state index in [0.29, 0.717) is 18.4 Å². The number of fused-ring (bicyclic) bond motifs is 2. The van der Waals surface area contributed by atoms with Crippen LogP contribution in [0.2, 0.25) is 0 Å². The number of anilines is 1. The van der Waals surface area contributed by atoms with Crippen LogP contribution in [0.4, 0.5) is 5.82 Å². The molecule has 4 rings (SSSR count). The Balaban J connectivity index is 1.60. The highest BCUT2D eigenvalue weighted by Crippen LogP contribution is 2.35. The molecule has 0 aliphatic heterocycles. The molecule has 172 valence electrons. The number of nitrogens with one attached hydrogen (secondary N) is 1. The number of carboxylic acids is 1. The highest BCUT2D eigenvalue weighted by atomic mass is 16.6. The van der Waals surface area contributed by atoms with E-state index in [1.807, 2.05) is 33.8 Å². The lowest BCUT2D eigenvalue weighted by atomic mass is 9.97. The van der Waals surface area contributed by atoms with Gasteiger partial charge in [0.2, 0.25) is 0 Å². The van der Waals surface area contributed by atoms with E-state index in [0.717, 1.165) is 21.2 Å². The summed E-state index contributed by atoms with van der Waals surface area (Å²) in [6.45, 7) is 7.33. The number of carboxylic acid groups (broad SMARTS) is 1. The Bertz CT molecular complexity index is 1300. The highest BCUT2D eigenvalue weighted by molar-refractivity contribution is 5.96. The summed E-state index contributed by atoms with van der Waals surface area (Å²) < 4.78 is 6.58. The minimum atomic E-state index is -1.25. The van der Waals surface area contributed by atoms with Crippen LogP contribution in [0.25, 0.3) is 5.65 Å². The van der Waals surface area contributed by atoms with Gasteiger partial charge in [-0.2, -0.15) is 0 Å². The zero-order valence-electron chi connectivity index (χ0n) is 18.8. The van der Waals surface area contributed by atoms with Crippen molar-refractivity contribution in [2.24, 2.45) is 0 Å². The molecule has 2 aromatic heterocycles. The topological polar surface area (TPSA) is 149 Å². The van der Waals surface area contributed by atoms with Crippen LogP contribution in [0.15, 0.2) is 24.3 Å². The van der Waals surface area contributed by atoms with E-state index < -0.39 is 17.5 Å². The van der Waals surface area contributed by atoms with Crippen LogP contribution in [0, 0.1) is 6.92 Å². The lowest BCUT2D eigenvalue weighted by molar-refractivity contribution is 0.00682. The number of aromatic carboxylic acids is 1. The SMILES string of the molecule is Cc1c(C(=O)OC(C)(C)C)ccc2c1CC[C@@H]2NC(=O)c1cc(C(=O)O)n2nc(N)cc2n1. The maximum atomic E-state index is 13.0. The molecule has 1 amide bonds. The Morgan fingerprint density at radius 1 is 1.24 bits per heavy atom. The van der Waals surface area contributed by atoms with Gasteiger partial charge in [0, 0.05) is 12.1 Å². The van der Waals surface area contributed by atoms with Gasteiger partial charge in [-0.1, -0.05) is 6.07 Å². The molecule has 1 aromatic carbocycles. The van der Waals surface area contributed by atoms with Crippen molar-refractivity contribution in [3.63, 3.8) is 0 Å². The molecule has 0 bridgehead atoms. The van der Waals surface area contributed by atoms with Crippen LogP contribution in [-0.4, -0.2) is 43.2 Å². The molecule has 0 saturated heterocycles. The van der Waals surface area contributed by atoms with Gasteiger partial charge in [-0.3, -0.25) is 4.79 Å². The Morgan fingerprint density at radius 3 is 2.64 bits per heavy atom. The molecule has 0 saturated carbocycles. The summed E-state index contributed by atoms with van der Waals surface area (Å²) in [6, 6.07) is 5.82.